The minimum atomic E-state index is 0.581. The molecule has 1 aromatic carbocycles. The molecule has 0 amide bonds. The van der Waals surface area contributed by atoms with E-state index in [1.54, 1.807) is 0 Å². The van der Waals surface area contributed by atoms with Crippen molar-refractivity contribution in [3.05, 3.63) is 58.2 Å². The number of nitriles is 1. The van der Waals surface area contributed by atoms with Crippen LogP contribution in [0.3, 0.4) is 0 Å². The zero-order valence-corrected chi connectivity index (χ0v) is 14.1. The molecule has 0 bridgehead atoms. The highest BCUT2D eigenvalue weighted by Gasteiger charge is 2.23. The minimum Gasteiger partial charge on any atom is -0.298 e. The Hall–Kier alpha value is -2.67. The van der Waals surface area contributed by atoms with Crippen molar-refractivity contribution >= 4 is 5.71 Å². The van der Waals surface area contributed by atoms with E-state index in [0.717, 1.165) is 47.0 Å². The number of hydrogen-bond donors (Lipinski definition) is 0. The molecule has 0 radical (unpaired) electrons. The first kappa shape index (κ1) is 14.9. The van der Waals surface area contributed by atoms with Crippen molar-refractivity contribution in [1.29, 1.82) is 5.26 Å². The van der Waals surface area contributed by atoms with E-state index in [-0.39, 0.29) is 0 Å². The van der Waals surface area contributed by atoms with Crippen molar-refractivity contribution in [2.75, 3.05) is 0 Å². The Morgan fingerprint density at radius 1 is 1.21 bits per heavy atom. The molecule has 1 aromatic heterocycles. The van der Waals surface area contributed by atoms with Gasteiger partial charge in [-0.2, -0.15) is 5.26 Å². The second kappa shape index (κ2) is 5.76. The average Bonchev–Trinajstić information content (AvgIpc) is 2.80. The molecule has 2 aromatic rings. The molecule has 0 spiro atoms. The Morgan fingerprint density at radius 2 is 2.08 bits per heavy atom. The topological polar surface area (TPSA) is 54.0 Å². The molecule has 0 N–H and O–H groups in total. The number of nitrogens with zero attached hydrogens (tertiary/aromatic N) is 4. The maximum Gasteiger partial charge on any atom is 0.135 e. The molecular formula is C20H20N4. The van der Waals surface area contributed by atoms with Crippen LogP contribution in [0.5, 0.6) is 0 Å². The number of aliphatic imine (C=N–C) groups is 1. The predicted octanol–water partition coefficient (Wildman–Crippen LogP) is 4.16. The van der Waals surface area contributed by atoms with Crippen molar-refractivity contribution in [2.45, 2.75) is 46.1 Å². The van der Waals surface area contributed by atoms with Crippen molar-refractivity contribution in [3.63, 3.8) is 0 Å². The van der Waals surface area contributed by atoms with E-state index in [9.17, 15) is 5.26 Å². The first-order chi connectivity index (χ1) is 11.7. The van der Waals surface area contributed by atoms with Crippen LogP contribution in [0.4, 0.5) is 0 Å². The number of aryl methyl sites for hydroxylation is 1. The van der Waals surface area contributed by atoms with E-state index in [1.807, 2.05) is 25.1 Å². The summed E-state index contributed by atoms with van der Waals surface area (Å²) in [6, 6.07) is 8.17. The fourth-order valence-corrected chi connectivity index (χ4v) is 3.66. The zero-order chi connectivity index (χ0) is 16.7. The Bertz CT molecular complexity index is 922. The van der Waals surface area contributed by atoms with Gasteiger partial charge in [0.25, 0.3) is 0 Å². The third-order valence-electron chi connectivity index (χ3n) is 5.01. The molecule has 2 aliphatic rings. The van der Waals surface area contributed by atoms with Crippen molar-refractivity contribution < 1.29 is 0 Å². The Kier molecular flexibility index (Phi) is 3.57. The molecule has 24 heavy (non-hydrogen) atoms. The highest BCUT2D eigenvalue weighted by Crippen LogP contribution is 2.31. The van der Waals surface area contributed by atoms with Crippen LogP contribution in [0.2, 0.25) is 0 Å². The van der Waals surface area contributed by atoms with E-state index in [0.29, 0.717) is 12.1 Å². The predicted molar refractivity (Wildman–Crippen MR) is 94.5 cm³/mol. The molecule has 0 fully saturated rings. The molecule has 0 unspecified atom stereocenters. The monoisotopic (exact) mass is 316 g/mol. The normalized spacial score (nSPS) is 16.4. The van der Waals surface area contributed by atoms with Crippen LogP contribution in [-0.2, 0) is 6.54 Å². The van der Waals surface area contributed by atoms with Crippen LogP contribution in [0, 0.1) is 25.2 Å². The van der Waals surface area contributed by atoms with Crippen LogP contribution in [0.15, 0.2) is 34.8 Å². The lowest BCUT2D eigenvalue weighted by Gasteiger charge is -2.18. The summed E-state index contributed by atoms with van der Waals surface area (Å²) in [5.74, 6) is 0.974. The zero-order valence-electron chi connectivity index (χ0n) is 14.1. The maximum absolute atomic E-state index is 9.34. The number of fused-ring (bicyclic) bond motifs is 3. The van der Waals surface area contributed by atoms with Gasteiger partial charge in [-0.1, -0.05) is 6.08 Å². The van der Waals surface area contributed by atoms with Gasteiger partial charge in [-0.3, -0.25) is 9.56 Å². The fourth-order valence-electron chi connectivity index (χ4n) is 3.66. The second-order valence-electron chi connectivity index (χ2n) is 6.52. The largest absolute Gasteiger partial charge is 0.298 e. The molecule has 0 atom stereocenters. The SMILES string of the molecule is Cc1nc2n(c1C)-c1ccc(C#N)cc1C(C1=CCCCC1)=NC2. The summed E-state index contributed by atoms with van der Waals surface area (Å²) in [5, 5.41) is 9.34. The summed E-state index contributed by atoms with van der Waals surface area (Å²) in [6.07, 6.45) is 6.96. The average molecular weight is 316 g/mol. The first-order valence-electron chi connectivity index (χ1n) is 8.52. The number of aromatic nitrogens is 2. The van der Waals surface area contributed by atoms with Crippen LogP contribution in [-0.4, -0.2) is 15.3 Å². The number of hydrogen-bond acceptors (Lipinski definition) is 3. The molecule has 1 aliphatic heterocycles. The molecular weight excluding hydrogens is 296 g/mol. The lowest BCUT2D eigenvalue weighted by Crippen LogP contribution is -2.11. The quantitative estimate of drug-likeness (QED) is 0.793. The Balaban J connectivity index is 1.97. The lowest BCUT2D eigenvalue weighted by molar-refractivity contribution is 0.716. The number of imidazole rings is 1. The Labute approximate surface area is 142 Å². The standard InChI is InChI=1S/C20H20N4/c1-13-14(2)24-18-9-8-15(11-21)10-17(18)20(22-12-19(24)23-13)16-6-4-3-5-7-16/h6,8-10H,3-5,7,12H2,1-2H3. The van der Waals surface area contributed by atoms with Crippen LogP contribution < -0.4 is 0 Å². The van der Waals surface area contributed by atoms with Gasteiger partial charge in [0, 0.05) is 11.3 Å². The highest BCUT2D eigenvalue weighted by atomic mass is 15.1. The third kappa shape index (κ3) is 2.28. The first-order valence-corrected chi connectivity index (χ1v) is 8.52. The number of allylic oxidation sites excluding steroid dienone is 2. The van der Waals surface area contributed by atoms with Gasteiger partial charge in [0.2, 0.25) is 0 Å². The van der Waals surface area contributed by atoms with Crippen molar-refractivity contribution in [2.24, 2.45) is 4.99 Å². The molecule has 1 aliphatic carbocycles. The Morgan fingerprint density at radius 3 is 2.83 bits per heavy atom. The van der Waals surface area contributed by atoms with Gasteiger partial charge in [0.05, 0.1) is 35.3 Å². The lowest BCUT2D eigenvalue weighted by atomic mass is 9.91. The van der Waals surface area contributed by atoms with Gasteiger partial charge in [-0.05, 0) is 63.3 Å². The van der Waals surface area contributed by atoms with E-state index in [2.05, 4.69) is 23.6 Å². The van der Waals surface area contributed by atoms with Gasteiger partial charge in [-0.25, -0.2) is 4.98 Å². The van der Waals surface area contributed by atoms with E-state index in [1.165, 1.54) is 18.4 Å². The van der Waals surface area contributed by atoms with Crippen molar-refractivity contribution in [3.8, 4) is 11.8 Å². The third-order valence-corrected chi connectivity index (χ3v) is 5.01. The van der Waals surface area contributed by atoms with Crippen LogP contribution >= 0.6 is 0 Å². The molecule has 120 valence electrons. The molecule has 4 rings (SSSR count). The molecule has 0 saturated carbocycles. The molecule has 2 heterocycles. The van der Waals surface area contributed by atoms with Gasteiger partial charge >= 0.3 is 0 Å². The maximum atomic E-state index is 9.34. The highest BCUT2D eigenvalue weighted by molar-refractivity contribution is 6.15. The van der Waals surface area contributed by atoms with Gasteiger partial charge in [0.1, 0.15) is 5.82 Å². The van der Waals surface area contributed by atoms with Crippen LogP contribution in [0.1, 0.15) is 54.0 Å². The van der Waals surface area contributed by atoms with E-state index < -0.39 is 0 Å². The van der Waals surface area contributed by atoms with Gasteiger partial charge in [-0.15, -0.1) is 0 Å². The summed E-state index contributed by atoms with van der Waals surface area (Å²) < 4.78 is 2.20. The summed E-state index contributed by atoms with van der Waals surface area (Å²) in [6.45, 7) is 4.71. The number of rotatable bonds is 1. The van der Waals surface area contributed by atoms with Crippen molar-refractivity contribution in [1.82, 2.24) is 9.55 Å². The fraction of sp³-hybridized carbons (Fsp3) is 0.350. The molecule has 0 saturated heterocycles. The molecule has 4 heteroatoms. The summed E-state index contributed by atoms with van der Waals surface area (Å²) in [5.41, 5.74) is 7.37. The molecule has 4 nitrogen and oxygen atoms in total. The van der Waals surface area contributed by atoms with E-state index >= 15 is 0 Å². The van der Waals surface area contributed by atoms with Gasteiger partial charge in [0.15, 0.2) is 0 Å². The smallest absolute Gasteiger partial charge is 0.135 e. The minimum absolute atomic E-state index is 0.581. The van der Waals surface area contributed by atoms with Crippen LogP contribution in [0.25, 0.3) is 5.69 Å². The van der Waals surface area contributed by atoms with Gasteiger partial charge < -0.3 is 0 Å². The number of benzene rings is 1. The summed E-state index contributed by atoms with van der Waals surface area (Å²) in [4.78, 5) is 9.62. The summed E-state index contributed by atoms with van der Waals surface area (Å²) >= 11 is 0. The summed E-state index contributed by atoms with van der Waals surface area (Å²) in [7, 11) is 0. The van der Waals surface area contributed by atoms with E-state index in [4.69, 9.17) is 9.98 Å². The second-order valence-corrected chi connectivity index (χ2v) is 6.52.